The summed E-state index contributed by atoms with van der Waals surface area (Å²) in [5.41, 5.74) is 3.08. The molecule has 0 aliphatic heterocycles. The first-order chi connectivity index (χ1) is 8.63. The van der Waals surface area contributed by atoms with Crippen molar-refractivity contribution in [2.75, 3.05) is 18.5 Å². The highest BCUT2D eigenvalue weighted by molar-refractivity contribution is 9.10. The van der Waals surface area contributed by atoms with E-state index in [-0.39, 0.29) is 0 Å². The Hall–Kier alpha value is -1.42. The summed E-state index contributed by atoms with van der Waals surface area (Å²) in [6.07, 6.45) is 1.84. The Balaban J connectivity index is 2.53. The molecular formula is C14H16BrN3. The number of hydrogen-bond donors (Lipinski definition) is 0. The molecular weight excluding hydrogens is 290 g/mol. The number of aromatic nitrogens is 1. The van der Waals surface area contributed by atoms with E-state index < -0.39 is 0 Å². The van der Waals surface area contributed by atoms with Gasteiger partial charge in [0.05, 0.1) is 23.2 Å². The molecule has 2 rings (SSSR count). The lowest BCUT2D eigenvalue weighted by Gasteiger charge is -2.16. The van der Waals surface area contributed by atoms with Crippen LogP contribution in [0, 0.1) is 6.92 Å². The van der Waals surface area contributed by atoms with E-state index in [0.717, 1.165) is 33.3 Å². The van der Waals surface area contributed by atoms with Gasteiger partial charge in [-0.05, 0) is 41.9 Å². The molecule has 1 aromatic carbocycles. The largest absolute Gasteiger partial charge is 0.334 e. The van der Waals surface area contributed by atoms with Gasteiger partial charge in [-0.15, -0.1) is 0 Å². The predicted octanol–water partition coefficient (Wildman–Crippen LogP) is 3.79. The van der Waals surface area contributed by atoms with Crippen LogP contribution in [0.3, 0.4) is 0 Å². The zero-order valence-corrected chi connectivity index (χ0v) is 12.4. The van der Waals surface area contributed by atoms with Crippen LogP contribution in [0.25, 0.3) is 10.9 Å². The van der Waals surface area contributed by atoms with Crippen LogP contribution >= 0.6 is 15.9 Å². The summed E-state index contributed by atoms with van der Waals surface area (Å²) in [5, 5.41) is 1.13. The van der Waals surface area contributed by atoms with Crippen LogP contribution in [-0.2, 0) is 0 Å². The summed E-state index contributed by atoms with van der Waals surface area (Å²) in [6, 6.07) is 8.25. The number of aliphatic imine (C=N–C) groups is 1. The summed E-state index contributed by atoms with van der Waals surface area (Å²) < 4.78 is 1.03. The molecule has 0 aliphatic rings. The molecule has 3 nitrogen and oxygen atoms in total. The Morgan fingerprint density at radius 3 is 2.94 bits per heavy atom. The fraction of sp³-hybridized carbons (Fsp3) is 0.286. The number of hydrogen-bond acceptors (Lipinski definition) is 2. The number of halogens is 1. The highest BCUT2D eigenvalue weighted by atomic mass is 79.9. The molecule has 0 radical (unpaired) electrons. The SMILES string of the molecule is CC/N=C/N(C)c1cc2cccc(Br)c2nc1C. The van der Waals surface area contributed by atoms with E-state index in [0.29, 0.717) is 0 Å². The fourth-order valence-electron chi connectivity index (χ4n) is 1.87. The van der Waals surface area contributed by atoms with Gasteiger partial charge in [0.25, 0.3) is 0 Å². The van der Waals surface area contributed by atoms with Gasteiger partial charge < -0.3 is 4.90 Å². The van der Waals surface area contributed by atoms with E-state index in [9.17, 15) is 0 Å². The molecule has 18 heavy (non-hydrogen) atoms. The standard InChI is InChI=1S/C14H16BrN3/c1-4-16-9-18(3)13-8-11-6-5-7-12(15)14(11)17-10(13)2/h5-9H,4H2,1-3H3/b16-9+. The third kappa shape index (κ3) is 2.53. The number of nitrogens with zero attached hydrogens (tertiary/aromatic N) is 3. The maximum absolute atomic E-state index is 4.65. The molecule has 0 atom stereocenters. The van der Waals surface area contributed by atoms with E-state index in [1.165, 1.54) is 0 Å². The second-order valence-corrected chi connectivity index (χ2v) is 4.98. The van der Waals surface area contributed by atoms with Crippen LogP contribution in [0.2, 0.25) is 0 Å². The number of rotatable bonds is 3. The Morgan fingerprint density at radius 2 is 2.22 bits per heavy atom. The minimum absolute atomic E-state index is 0.788. The van der Waals surface area contributed by atoms with Crippen molar-refractivity contribution in [1.82, 2.24) is 4.98 Å². The first-order valence-corrected chi connectivity index (χ1v) is 6.71. The van der Waals surface area contributed by atoms with E-state index in [1.807, 2.05) is 44.3 Å². The number of benzene rings is 1. The van der Waals surface area contributed by atoms with E-state index in [1.54, 1.807) is 0 Å². The van der Waals surface area contributed by atoms with Gasteiger partial charge >= 0.3 is 0 Å². The number of anilines is 1. The van der Waals surface area contributed by atoms with Crippen molar-refractivity contribution in [1.29, 1.82) is 0 Å². The Morgan fingerprint density at radius 1 is 1.44 bits per heavy atom. The lowest BCUT2D eigenvalue weighted by molar-refractivity contribution is 1.11. The van der Waals surface area contributed by atoms with E-state index in [2.05, 4.69) is 38.0 Å². The molecule has 0 N–H and O–H groups in total. The summed E-state index contributed by atoms with van der Waals surface area (Å²) >= 11 is 3.53. The molecule has 2 aromatic rings. The van der Waals surface area contributed by atoms with Gasteiger partial charge in [-0.3, -0.25) is 4.99 Å². The van der Waals surface area contributed by atoms with Crippen molar-refractivity contribution in [2.45, 2.75) is 13.8 Å². The maximum atomic E-state index is 4.65. The van der Waals surface area contributed by atoms with Crippen LogP contribution < -0.4 is 4.90 Å². The van der Waals surface area contributed by atoms with Gasteiger partial charge in [-0.2, -0.15) is 0 Å². The molecule has 0 amide bonds. The number of pyridine rings is 1. The Labute approximate surface area is 116 Å². The number of fused-ring (bicyclic) bond motifs is 1. The molecule has 94 valence electrons. The molecule has 1 aromatic heterocycles. The van der Waals surface area contributed by atoms with Crippen molar-refractivity contribution in [2.24, 2.45) is 4.99 Å². The van der Waals surface area contributed by atoms with Gasteiger partial charge in [0.2, 0.25) is 0 Å². The molecule has 0 aliphatic carbocycles. The zero-order valence-electron chi connectivity index (χ0n) is 10.8. The number of aryl methyl sites for hydroxylation is 1. The predicted molar refractivity (Wildman–Crippen MR) is 81.6 cm³/mol. The average Bonchev–Trinajstić information content (AvgIpc) is 2.36. The quantitative estimate of drug-likeness (QED) is 0.637. The second kappa shape index (κ2) is 5.48. The Bertz CT molecular complexity index is 593. The highest BCUT2D eigenvalue weighted by Crippen LogP contribution is 2.27. The smallest absolute Gasteiger partial charge is 0.0892 e. The third-order valence-electron chi connectivity index (χ3n) is 2.78. The monoisotopic (exact) mass is 305 g/mol. The molecule has 0 unspecified atom stereocenters. The third-order valence-corrected chi connectivity index (χ3v) is 3.42. The minimum atomic E-state index is 0.788. The summed E-state index contributed by atoms with van der Waals surface area (Å²) in [4.78, 5) is 10.9. The summed E-state index contributed by atoms with van der Waals surface area (Å²) in [5.74, 6) is 0. The van der Waals surface area contributed by atoms with Crippen LogP contribution in [0.4, 0.5) is 5.69 Å². The van der Waals surface area contributed by atoms with Crippen molar-refractivity contribution < 1.29 is 0 Å². The van der Waals surface area contributed by atoms with Crippen molar-refractivity contribution in [3.05, 3.63) is 34.4 Å². The van der Waals surface area contributed by atoms with Crippen LogP contribution in [0.1, 0.15) is 12.6 Å². The van der Waals surface area contributed by atoms with E-state index in [4.69, 9.17) is 0 Å². The van der Waals surface area contributed by atoms with Gasteiger partial charge in [0.15, 0.2) is 0 Å². The van der Waals surface area contributed by atoms with Crippen molar-refractivity contribution in [3.63, 3.8) is 0 Å². The first-order valence-electron chi connectivity index (χ1n) is 5.92. The van der Waals surface area contributed by atoms with E-state index >= 15 is 0 Å². The zero-order chi connectivity index (χ0) is 13.1. The molecule has 0 fully saturated rings. The van der Waals surface area contributed by atoms with Gasteiger partial charge in [0, 0.05) is 23.5 Å². The minimum Gasteiger partial charge on any atom is -0.334 e. The topological polar surface area (TPSA) is 28.5 Å². The van der Waals surface area contributed by atoms with Crippen LogP contribution in [0.5, 0.6) is 0 Å². The van der Waals surface area contributed by atoms with Gasteiger partial charge in [-0.25, -0.2) is 4.98 Å². The maximum Gasteiger partial charge on any atom is 0.0892 e. The highest BCUT2D eigenvalue weighted by Gasteiger charge is 2.08. The first kappa shape index (κ1) is 13.0. The number of para-hydroxylation sites is 1. The molecule has 0 spiro atoms. The normalized spacial score (nSPS) is 11.3. The molecule has 0 bridgehead atoms. The summed E-state index contributed by atoms with van der Waals surface area (Å²) in [7, 11) is 1.99. The second-order valence-electron chi connectivity index (χ2n) is 4.13. The van der Waals surface area contributed by atoms with Crippen molar-refractivity contribution in [3.8, 4) is 0 Å². The van der Waals surface area contributed by atoms with Gasteiger partial charge in [-0.1, -0.05) is 12.1 Å². The molecule has 4 heteroatoms. The Kier molecular flexibility index (Phi) is 3.97. The van der Waals surface area contributed by atoms with Crippen molar-refractivity contribution >= 4 is 38.9 Å². The van der Waals surface area contributed by atoms with Crippen LogP contribution in [0.15, 0.2) is 33.7 Å². The molecule has 0 saturated heterocycles. The average molecular weight is 306 g/mol. The lowest BCUT2D eigenvalue weighted by Crippen LogP contribution is -2.16. The fourth-order valence-corrected chi connectivity index (χ4v) is 2.34. The lowest BCUT2D eigenvalue weighted by atomic mass is 10.1. The van der Waals surface area contributed by atoms with Gasteiger partial charge in [0.1, 0.15) is 0 Å². The molecule has 1 heterocycles. The molecule has 0 saturated carbocycles. The van der Waals surface area contributed by atoms with Crippen LogP contribution in [-0.4, -0.2) is 24.9 Å². The summed E-state index contributed by atoms with van der Waals surface area (Å²) in [6.45, 7) is 4.83.